The Balaban J connectivity index is 2.06. The molecule has 1 aliphatic heterocycles. The number of ether oxygens (including phenoxy) is 1. The molecule has 2 heteroatoms. The van der Waals surface area contributed by atoms with Gasteiger partial charge in [-0.3, -0.25) is 0 Å². The standard InChI is InChI=1S/C17H20O2/c1-11-7-9-13-5-3-4-6-14(13)16(11)17(18)15-10-8-12(2)19-15/h3-7,9,12,15,17-18H,8,10H2,1-2H3. The third-order valence-corrected chi connectivity index (χ3v) is 4.10. The fourth-order valence-corrected chi connectivity index (χ4v) is 3.05. The SMILES string of the molecule is Cc1ccc2ccccc2c1C(O)C1CCC(C)O1. The van der Waals surface area contributed by atoms with Crippen LogP contribution in [0.15, 0.2) is 36.4 Å². The first kappa shape index (κ1) is 12.6. The van der Waals surface area contributed by atoms with Crippen molar-refractivity contribution in [2.24, 2.45) is 0 Å². The maximum atomic E-state index is 10.7. The fourth-order valence-electron chi connectivity index (χ4n) is 3.05. The Hall–Kier alpha value is -1.38. The zero-order valence-electron chi connectivity index (χ0n) is 11.5. The van der Waals surface area contributed by atoms with Gasteiger partial charge in [0.05, 0.1) is 12.2 Å². The first-order valence-electron chi connectivity index (χ1n) is 6.98. The van der Waals surface area contributed by atoms with Crippen LogP contribution < -0.4 is 0 Å². The minimum absolute atomic E-state index is 0.0699. The van der Waals surface area contributed by atoms with E-state index < -0.39 is 6.10 Å². The quantitative estimate of drug-likeness (QED) is 0.886. The summed E-state index contributed by atoms with van der Waals surface area (Å²) in [5.41, 5.74) is 2.16. The highest BCUT2D eigenvalue weighted by Gasteiger charge is 2.30. The number of aryl methyl sites for hydroxylation is 1. The molecule has 2 nitrogen and oxygen atoms in total. The molecule has 2 aromatic rings. The maximum absolute atomic E-state index is 10.7. The van der Waals surface area contributed by atoms with Crippen molar-refractivity contribution in [3.63, 3.8) is 0 Å². The van der Waals surface area contributed by atoms with Crippen LogP contribution in [0.5, 0.6) is 0 Å². The Kier molecular flexibility index (Phi) is 3.29. The van der Waals surface area contributed by atoms with Crippen LogP contribution in [0, 0.1) is 6.92 Å². The van der Waals surface area contributed by atoms with Crippen molar-refractivity contribution in [2.75, 3.05) is 0 Å². The van der Waals surface area contributed by atoms with Crippen LogP contribution in [0.1, 0.15) is 37.0 Å². The van der Waals surface area contributed by atoms with E-state index in [1.165, 1.54) is 5.39 Å². The predicted molar refractivity (Wildman–Crippen MR) is 77.2 cm³/mol. The highest BCUT2D eigenvalue weighted by atomic mass is 16.5. The first-order valence-corrected chi connectivity index (χ1v) is 6.98. The fraction of sp³-hybridized carbons (Fsp3) is 0.412. The lowest BCUT2D eigenvalue weighted by atomic mass is 9.92. The lowest BCUT2D eigenvalue weighted by molar-refractivity contribution is -0.0293. The van der Waals surface area contributed by atoms with E-state index in [-0.39, 0.29) is 12.2 Å². The van der Waals surface area contributed by atoms with Gasteiger partial charge in [-0.15, -0.1) is 0 Å². The number of hydrogen-bond acceptors (Lipinski definition) is 2. The summed E-state index contributed by atoms with van der Waals surface area (Å²) >= 11 is 0. The molecule has 1 fully saturated rings. The monoisotopic (exact) mass is 256 g/mol. The van der Waals surface area contributed by atoms with Gasteiger partial charge >= 0.3 is 0 Å². The van der Waals surface area contributed by atoms with Crippen LogP contribution in [0.4, 0.5) is 0 Å². The molecule has 0 spiro atoms. The number of aliphatic hydroxyl groups excluding tert-OH is 1. The highest BCUT2D eigenvalue weighted by molar-refractivity contribution is 5.87. The molecule has 1 aliphatic rings. The van der Waals surface area contributed by atoms with Crippen LogP contribution in [0.3, 0.4) is 0 Å². The Labute approximate surface area is 114 Å². The zero-order valence-corrected chi connectivity index (χ0v) is 11.5. The van der Waals surface area contributed by atoms with Crippen LogP contribution >= 0.6 is 0 Å². The molecular weight excluding hydrogens is 236 g/mol. The van der Waals surface area contributed by atoms with Crippen LogP contribution in [0.2, 0.25) is 0 Å². The third-order valence-electron chi connectivity index (χ3n) is 4.10. The molecule has 0 radical (unpaired) electrons. The number of benzene rings is 2. The van der Waals surface area contributed by atoms with Crippen LogP contribution in [-0.4, -0.2) is 17.3 Å². The van der Waals surface area contributed by atoms with E-state index >= 15 is 0 Å². The molecular formula is C17H20O2. The van der Waals surface area contributed by atoms with Gasteiger partial charge in [0.2, 0.25) is 0 Å². The minimum Gasteiger partial charge on any atom is -0.386 e. The molecule has 3 atom stereocenters. The molecule has 0 amide bonds. The van der Waals surface area contributed by atoms with Crippen molar-refractivity contribution in [1.29, 1.82) is 0 Å². The second-order valence-electron chi connectivity index (χ2n) is 5.52. The summed E-state index contributed by atoms with van der Waals surface area (Å²) in [5.74, 6) is 0. The molecule has 0 saturated carbocycles. The second-order valence-corrected chi connectivity index (χ2v) is 5.52. The molecule has 100 valence electrons. The van der Waals surface area contributed by atoms with Gasteiger partial charge in [0.15, 0.2) is 0 Å². The van der Waals surface area contributed by atoms with E-state index in [2.05, 4.69) is 38.1 Å². The normalized spacial score (nSPS) is 24.8. The number of fused-ring (bicyclic) bond motifs is 1. The van der Waals surface area contributed by atoms with Crippen LogP contribution in [0.25, 0.3) is 10.8 Å². The summed E-state index contributed by atoms with van der Waals surface area (Å²) < 4.78 is 5.83. The van der Waals surface area contributed by atoms with Gasteiger partial charge in [-0.25, -0.2) is 0 Å². The van der Waals surface area contributed by atoms with Gasteiger partial charge < -0.3 is 9.84 Å². The molecule has 0 bridgehead atoms. The molecule has 3 rings (SSSR count). The van der Waals surface area contributed by atoms with E-state index in [1.54, 1.807) is 0 Å². The Morgan fingerprint density at radius 3 is 2.68 bits per heavy atom. The summed E-state index contributed by atoms with van der Waals surface area (Å²) in [5, 5.41) is 13.0. The zero-order chi connectivity index (χ0) is 13.4. The Morgan fingerprint density at radius 2 is 1.95 bits per heavy atom. The molecule has 1 heterocycles. The summed E-state index contributed by atoms with van der Waals surface area (Å²) in [6, 6.07) is 12.4. The van der Waals surface area contributed by atoms with Crippen molar-refractivity contribution < 1.29 is 9.84 Å². The molecule has 0 aromatic heterocycles. The topological polar surface area (TPSA) is 29.5 Å². The molecule has 1 saturated heterocycles. The molecule has 1 N–H and O–H groups in total. The predicted octanol–water partition coefficient (Wildman–Crippen LogP) is 3.75. The van der Waals surface area contributed by atoms with E-state index in [0.717, 1.165) is 29.4 Å². The molecule has 19 heavy (non-hydrogen) atoms. The molecule has 0 aliphatic carbocycles. The largest absolute Gasteiger partial charge is 0.386 e. The van der Waals surface area contributed by atoms with Crippen molar-refractivity contribution >= 4 is 10.8 Å². The van der Waals surface area contributed by atoms with Gasteiger partial charge in [0, 0.05) is 0 Å². The number of hydrogen-bond donors (Lipinski definition) is 1. The van der Waals surface area contributed by atoms with Gasteiger partial charge in [0.1, 0.15) is 6.10 Å². The lowest BCUT2D eigenvalue weighted by Gasteiger charge is -2.22. The Morgan fingerprint density at radius 1 is 1.16 bits per heavy atom. The van der Waals surface area contributed by atoms with E-state index in [1.807, 2.05) is 12.1 Å². The summed E-state index contributed by atoms with van der Waals surface area (Å²) in [6.07, 6.45) is 1.63. The third kappa shape index (κ3) is 2.26. The highest BCUT2D eigenvalue weighted by Crippen LogP contribution is 2.35. The van der Waals surface area contributed by atoms with Crippen molar-refractivity contribution in [2.45, 2.75) is 45.0 Å². The first-order chi connectivity index (χ1) is 9.16. The minimum atomic E-state index is -0.531. The van der Waals surface area contributed by atoms with Gasteiger partial charge in [0.25, 0.3) is 0 Å². The van der Waals surface area contributed by atoms with Crippen molar-refractivity contribution in [1.82, 2.24) is 0 Å². The second kappa shape index (κ2) is 4.95. The lowest BCUT2D eigenvalue weighted by Crippen LogP contribution is -2.19. The molecule has 2 aromatic carbocycles. The Bertz CT molecular complexity index is 591. The van der Waals surface area contributed by atoms with Gasteiger partial charge in [-0.2, -0.15) is 0 Å². The van der Waals surface area contributed by atoms with Gasteiger partial charge in [-0.05, 0) is 48.6 Å². The number of aliphatic hydroxyl groups is 1. The summed E-state index contributed by atoms with van der Waals surface area (Å²) in [4.78, 5) is 0. The van der Waals surface area contributed by atoms with E-state index in [0.29, 0.717) is 0 Å². The summed E-state index contributed by atoms with van der Waals surface area (Å²) in [6.45, 7) is 4.13. The average molecular weight is 256 g/mol. The average Bonchev–Trinajstić information content (AvgIpc) is 2.85. The van der Waals surface area contributed by atoms with Gasteiger partial charge in [-0.1, -0.05) is 36.4 Å². The molecule has 3 unspecified atom stereocenters. The maximum Gasteiger partial charge on any atom is 0.106 e. The summed E-state index contributed by atoms with van der Waals surface area (Å²) in [7, 11) is 0. The van der Waals surface area contributed by atoms with E-state index in [4.69, 9.17) is 4.74 Å². The number of rotatable bonds is 2. The van der Waals surface area contributed by atoms with E-state index in [9.17, 15) is 5.11 Å². The smallest absolute Gasteiger partial charge is 0.106 e. The van der Waals surface area contributed by atoms with Crippen LogP contribution in [-0.2, 0) is 4.74 Å². The van der Waals surface area contributed by atoms with Crippen molar-refractivity contribution in [3.05, 3.63) is 47.5 Å². The van der Waals surface area contributed by atoms with Crippen molar-refractivity contribution in [3.8, 4) is 0 Å².